The van der Waals surface area contributed by atoms with E-state index in [2.05, 4.69) is 31.4 Å². The second kappa shape index (κ2) is 6.94. The summed E-state index contributed by atoms with van der Waals surface area (Å²) in [4.78, 5) is 11.7. The highest BCUT2D eigenvalue weighted by Crippen LogP contribution is 2.09. The number of carbonyl (C=O) groups is 1. The molecule has 0 bridgehead atoms. The van der Waals surface area contributed by atoms with Gasteiger partial charge in [-0.15, -0.1) is 0 Å². The van der Waals surface area contributed by atoms with Crippen molar-refractivity contribution in [2.24, 2.45) is 5.92 Å². The van der Waals surface area contributed by atoms with Crippen molar-refractivity contribution in [1.29, 1.82) is 0 Å². The first-order chi connectivity index (χ1) is 8.13. The van der Waals surface area contributed by atoms with Gasteiger partial charge in [-0.2, -0.15) is 0 Å². The fourth-order valence-corrected chi connectivity index (χ4v) is 1.41. The first-order valence-corrected chi connectivity index (χ1v) is 6.25. The number of benzene rings is 1. The third-order valence-corrected chi connectivity index (χ3v) is 2.40. The van der Waals surface area contributed by atoms with Crippen LogP contribution >= 0.6 is 0 Å². The highest BCUT2D eigenvalue weighted by atomic mass is 16.1. The lowest BCUT2D eigenvalue weighted by atomic mass is 10.1. The lowest BCUT2D eigenvalue weighted by molar-refractivity contribution is 0.0949. The van der Waals surface area contributed by atoms with Crippen molar-refractivity contribution in [2.45, 2.75) is 27.2 Å². The fourth-order valence-electron chi connectivity index (χ4n) is 1.41. The smallest absolute Gasteiger partial charge is 0.251 e. The van der Waals surface area contributed by atoms with Crippen LogP contribution in [0.1, 0.15) is 37.6 Å². The van der Waals surface area contributed by atoms with Gasteiger partial charge >= 0.3 is 0 Å². The second-order valence-electron chi connectivity index (χ2n) is 4.61. The van der Waals surface area contributed by atoms with Gasteiger partial charge in [0, 0.05) is 24.3 Å². The van der Waals surface area contributed by atoms with Crippen molar-refractivity contribution in [3.8, 4) is 0 Å². The van der Waals surface area contributed by atoms with Crippen molar-refractivity contribution in [3.05, 3.63) is 29.8 Å². The van der Waals surface area contributed by atoms with Gasteiger partial charge in [0.2, 0.25) is 0 Å². The molecule has 17 heavy (non-hydrogen) atoms. The van der Waals surface area contributed by atoms with Gasteiger partial charge in [-0.05, 0) is 36.6 Å². The van der Waals surface area contributed by atoms with Crippen LogP contribution in [-0.4, -0.2) is 19.0 Å². The van der Waals surface area contributed by atoms with Crippen LogP contribution in [0, 0.1) is 5.92 Å². The molecule has 94 valence electrons. The number of rotatable bonds is 6. The Labute approximate surface area is 104 Å². The van der Waals surface area contributed by atoms with Crippen LogP contribution in [0.4, 0.5) is 5.69 Å². The number of hydrogen-bond acceptors (Lipinski definition) is 2. The molecule has 0 radical (unpaired) electrons. The van der Waals surface area contributed by atoms with Gasteiger partial charge in [-0.1, -0.05) is 20.8 Å². The molecule has 3 nitrogen and oxygen atoms in total. The first-order valence-electron chi connectivity index (χ1n) is 6.25. The average Bonchev–Trinajstić information content (AvgIpc) is 2.34. The Bertz CT molecular complexity index is 344. The minimum absolute atomic E-state index is 0.000687. The Morgan fingerprint density at radius 2 is 1.88 bits per heavy atom. The molecule has 0 fully saturated rings. The molecule has 0 atom stereocenters. The van der Waals surface area contributed by atoms with E-state index in [1.807, 2.05) is 24.3 Å². The van der Waals surface area contributed by atoms with Gasteiger partial charge in [-0.3, -0.25) is 4.79 Å². The second-order valence-corrected chi connectivity index (χ2v) is 4.61. The quantitative estimate of drug-likeness (QED) is 0.794. The SMILES string of the molecule is CCCNc1ccc(C(=O)NCC(C)C)cc1. The summed E-state index contributed by atoms with van der Waals surface area (Å²) in [5.41, 5.74) is 1.78. The van der Waals surface area contributed by atoms with Crippen LogP contribution in [0.15, 0.2) is 24.3 Å². The Kier molecular flexibility index (Phi) is 5.53. The Hall–Kier alpha value is -1.51. The Balaban J connectivity index is 2.51. The van der Waals surface area contributed by atoms with Crippen molar-refractivity contribution in [1.82, 2.24) is 5.32 Å². The molecule has 1 aromatic carbocycles. The Morgan fingerprint density at radius 3 is 2.41 bits per heavy atom. The molecule has 0 aliphatic heterocycles. The third-order valence-electron chi connectivity index (χ3n) is 2.40. The molecular formula is C14H22N2O. The molecular weight excluding hydrogens is 212 g/mol. The van der Waals surface area contributed by atoms with Gasteiger partial charge < -0.3 is 10.6 Å². The summed E-state index contributed by atoms with van der Waals surface area (Å²) in [5.74, 6) is 0.477. The number of carbonyl (C=O) groups excluding carboxylic acids is 1. The Morgan fingerprint density at radius 1 is 1.24 bits per heavy atom. The molecule has 0 aliphatic carbocycles. The fraction of sp³-hybridized carbons (Fsp3) is 0.500. The highest BCUT2D eigenvalue weighted by molar-refractivity contribution is 5.94. The van der Waals surface area contributed by atoms with Crippen molar-refractivity contribution >= 4 is 11.6 Å². The lowest BCUT2D eigenvalue weighted by Crippen LogP contribution is -2.27. The molecule has 0 heterocycles. The molecule has 2 N–H and O–H groups in total. The molecule has 1 amide bonds. The summed E-state index contributed by atoms with van der Waals surface area (Å²) in [6, 6.07) is 7.60. The van der Waals surface area contributed by atoms with Crippen LogP contribution in [0.25, 0.3) is 0 Å². The predicted molar refractivity (Wildman–Crippen MR) is 72.4 cm³/mol. The zero-order valence-corrected chi connectivity index (χ0v) is 10.9. The summed E-state index contributed by atoms with van der Waals surface area (Å²) >= 11 is 0. The zero-order valence-electron chi connectivity index (χ0n) is 10.9. The van der Waals surface area contributed by atoms with E-state index in [4.69, 9.17) is 0 Å². The number of hydrogen-bond donors (Lipinski definition) is 2. The van der Waals surface area contributed by atoms with Gasteiger partial charge in [0.05, 0.1) is 0 Å². The maximum Gasteiger partial charge on any atom is 0.251 e. The monoisotopic (exact) mass is 234 g/mol. The summed E-state index contributed by atoms with van der Waals surface area (Å²) in [5, 5.41) is 6.18. The van der Waals surface area contributed by atoms with E-state index < -0.39 is 0 Å². The van der Waals surface area contributed by atoms with Crippen molar-refractivity contribution < 1.29 is 4.79 Å². The average molecular weight is 234 g/mol. The molecule has 0 spiro atoms. The van der Waals surface area contributed by atoms with E-state index in [1.165, 1.54) is 0 Å². The number of nitrogens with one attached hydrogen (secondary N) is 2. The summed E-state index contributed by atoms with van der Waals surface area (Å²) < 4.78 is 0. The molecule has 0 aliphatic rings. The van der Waals surface area contributed by atoms with E-state index in [9.17, 15) is 4.79 Å². The van der Waals surface area contributed by atoms with Crippen molar-refractivity contribution in [2.75, 3.05) is 18.4 Å². The first kappa shape index (κ1) is 13.6. The largest absolute Gasteiger partial charge is 0.385 e. The summed E-state index contributed by atoms with van der Waals surface area (Å²) in [6.45, 7) is 7.96. The number of amides is 1. The van der Waals surface area contributed by atoms with E-state index in [0.717, 1.165) is 18.7 Å². The van der Waals surface area contributed by atoms with E-state index in [1.54, 1.807) is 0 Å². The maximum atomic E-state index is 11.7. The van der Waals surface area contributed by atoms with E-state index in [0.29, 0.717) is 18.0 Å². The molecule has 0 aromatic heterocycles. The van der Waals surface area contributed by atoms with Gasteiger partial charge in [0.15, 0.2) is 0 Å². The summed E-state index contributed by atoms with van der Waals surface area (Å²) in [7, 11) is 0. The predicted octanol–water partition coefficient (Wildman–Crippen LogP) is 2.89. The maximum absolute atomic E-state index is 11.7. The normalized spacial score (nSPS) is 10.4. The standard InChI is InChI=1S/C14H22N2O/c1-4-9-15-13-7-5-12(6-8-13)14(17)16-10-11(2)3/h5-8,11,15H,4,9-10H2,1-3H3,(H,16,17). The number of anilines is 1. The molecule has 1 rings (SSSR count). The molecule has 0 unspecified atom stereocenters. The molecule has 0 saturated carbocycles. The van der Waals surface area contributed by atoms with Crippen LogP contribution in [0.5, 0.6) is 0 Å². The molecule has 1 aromatic rings. The highest BCUT2D eigenvalue weighted by Gasteiger charge is 2.05. The zero-order chi connectivity index (χ0) is 12.7. The van der Waals surface area contributed by atoms with Crippen LogP contribution in [0.2, 0.25) is 0 Å². The topological polar surface area (TPSA) is 41.1 Å². The molecule has 3 heteroatoms. The van der Waals surface area contributed by atoms with Gasteiger partial charge in [0.25, 0.3) is 5.91 Å². The van der Waals surface area contributed by atoms with Gasteiger partial charge in [-0.25, -0.2) is 0 Å². The summed E-state index contributed by atoms with van der Waals surface area (Å²) in [6.07, 6.45) is 1.09. The van der Waals surface area contributed by atoms with Crippen LogP contribution in [0.3, 0.4) is 0 Å². The van der Waals surface area contributed by atoms with Crippen LogP contribution < -0.4 is 10.6 Å². The minimum atomic E-state index is 0.000687. The van der Waals surface area contributed by atoms with E-state index in [-0.39, 0.29) is 5.91 Å². The molecule has 0 saturated heterocycles. The van der Waals surface area contributed by atoms with E-state index >= 15 is 0 Å². The lowest BCUT2D eigenvalue weighted by Gasteiger charge is -2.09. The third kappa shape index (κ3) is 4.89. The minimum Gasteiger partial charge on any atom is -0.385 e. The van der Waals surface area contributed by atoms with Crippen LogP contribution in [-0.2, 0) is 0 Å². The van der Waals surface area contributed by atoms with Crippen molar-refractivity contribution in [3.63, 3.8) is 0 Å². The van der Waals surface area contributed by atoms with Gasteiger partial charge in [0.1, 0.15) is 0 Å².